The molecule has 2 heteroatoms. The highest BCUT2D eigenvalue weighted by Gasteiger charge is 2.41. The maximum Gasteiger partial charge on any atom is 0.122 e. The highest BCUT2D eigenvalue weighted by atomic mass is 16.5. The van der Waals surface area contributed by atoms with E-state index in [-0.39, 0.29) is 0 Å². The van der Waals surface area contributed by atoms with E-state index in [1.54, 1.807) is 0 Å². The van der Waals surface area contributed by atoms with Gasteiger partial charge in [-0.05, 0) is 50.0 Å². The molecule has 108 valence electrons. The molecular formula is C18H25NO. The molecule has 2 bridgehead atoms. The molecule has 2 fully saturated rings. The number of nitrogens with one attached hydrogen (secondary N) is 1. The lowest BCUT2D eigenvalue weighted by Gasteiger charge is -2.29. The fourth-order valence-electron chi connectivity index (χ4n) is 4.78. The number of rotatable bonds is 4. The van der Waals surface area contributed by atoms with E-state index in [1.165, 1.54) is 31.2 Å². The van der Waals surface area contributed by atoms with Gasteiger partial charge in [-0.15, -0.1) is 0 Å². The van der Waals surface area contributed by atoms with Gasteiger partial charge in [0, 0.05) is 24.1 Å². The van der Waals surface area contributed by atoms with Gasteiger partial charge in [0.2, 0.25) is 0 Å². The van der Waals surface area contributed by atoms with E-state index in [2.05, 4.69) is 36.5 Å². The summed E-state index contributed by atoms with van der Waals surface area (Å²) in [5.74, 6) is 4.60. The van der Waals surface area contributed by atoms with Crippen molar-refractivity contribution in [2.75, 3.05) is 13.2 Å². The van der Waals surface area contributed by atoms with Crippen molar-refractivity contribution in [2.45, 2.75) is 44.6 Å². The smallest absolute Gasteiger partial charge is 0.122 e. The monoisotopic (exact) mass is 271 g/mol. The zero-order valence-electron chi connectivity index (χ0n) is 12.3. The molecule has 2 saturated carbocycles. The van der Waals surface area contributed by atoms with Crippen LogP contribution in [0.4, 0.5) is 0 Å². The van der Waals surface area contributed by atoms with Crippen LogP contribution in [0.5, 0.6) is 5.75 Å². The lowest BCUT2D eigenvalue weighted by molar-refractivity contribution is 0.251. The molecule has 1 N–H and O–H groups in total. The van der Waals surface area contributed by atoms with Crippen molar-refractivity contribution in [2.24, 2.45) is 17.8 Å². The van der Waals surface area contributed by atoms with Crippen molar-refractivity contribution in [3.05, 3.63) is 29.8 Å². The summed E-state index contributed by atoms with van der Waals surface area (Å²) in [5, 5.41) is 3.81. The Morgan fingerprint density at radius 3 is 2.95 bits per heavy atom. The zero-order chi connectivity index (χ0) is 13.5. The molecular weight excluding hydrogens is 246 g/mol. The second kappa shape index (κ2) is 5.07. The molecule has 2 aliphatic carbocycles. The molecule has 1 aliphatic heterocycles. The van der Waals surface area contributed by atoms with Crippen molar-refractivity contribution in [3.63, 3.8) is 0 Å². The molecule has 4 rings (SSSR count). The van der Waals surface area contributed by atoms with E-state index in [0.29, 0.717) is 12.0 Å². The fraction of sp³-hybridized carbons (Fsp3) is 0.667. The second-order valence-corrected chi connectivity index (χ2v) is 7.08. The standard InChI is InChI=1S/C18H25NO/c1-12(17-9-13-6-7-14(17)8-13)19-10-15-11-20-18-5-3-2-4-16(15)18/h2-5,12-15,17,19H,6-11H2,1H3. The number of ether oxygens (including phenoxy) is 1. The zero-order valence-corrected chi connectivity index (χ0v) is 12.3. The summed E-state index contributed by atoms with van der Waals surface area (Å²) in [4.78, 5) is 0. The lowest BCUT2D eigenvalue weighted by atomic mass is 9.84. The molecule has 3 aliphatic rings. The van der Waals surface area contributed by atoms with Crippen molar-refractivity contribution in [1.29, 1.82) is 0 Å². The molecule has 20 heavy (non-hydrogen) atoms. The molecule has 1 aromatic carbocycles. The van der Waals surface area contributed by atoms with Gasteiger partial charge in [-0.2, -0.15) is 0 Å². The van der Waals surface area contributed by atoms with E-state index < -0.39 is 0 Å². The fourth-order valence-corrected chi connectivity index (χ4v) is 4.78. The van der Waals surface area contributed by atoms with Gasteiger partial charge in [0.05, 0.1) is 6.61 Å². The molecule has 0 aromatic heterocycles. The van der Waals surface area contributed by atoms with Gasteiger partial charge < -0.3 is 10.1 Å². The van der Waals surface area contributed by atoms with E-state index >= 15 is 0 Å². The van der Waals surface area contributed by atoms with Crippen LogP contribution in [0.25, 0.3) is 0 Å². The maximum absolute atomic E-state index is 5.78. The molecule has 2 nitrogen and oxygen atoms in total. The van der Waals surface area contributed by atoms with E-state index in [9.17, 15) is 0 Å². The number of fused-ring (bicyclic) bond motifs is 3. The molecule has 0 amide bonds. The quantitative estimate of drug-likeness (QED) is 0.904. The summed E-state index contributed by atoms with van der Waals surface area (Å²) in [6.45, 7) is 4.30. The first-order chi connectivity index (χ1) is 9.81. The first-order valence-corrected chi connectivity index (χ1v) is 8.26. The van der Waals surface area contributed by atoms with Gasteiger partial charge in [-0.3, -0.25) is 0 Å². The second-order valence-electron chi connectivity index (χ2n) is 7.08. The minimum absolute atomic E-state index is 0.534. The van der Waals surface area contributed by atoms with Crippen molar-refractivity contribution in [1.82, 2.24) is 5.32 Å². The Bertz CT molecular complexity index is 486. The number of benzene rings is 1. The van der Waals surface area contributed by atoms with Gasteiger partial charge in [0.1, 0.15) is 5.75 Å². The third kappa shape index (κ3) is 2.14. The van der Waals surface area contributed by atoms with Gasteiger partial charge in [0.15, 0.2) is 0 Å². The topological polar surface area (TPSA) is 21.3 Å². The van der Waals surface area contributed by atoms with Crippen LogP contribution >= 0.6 is 0 Å². The van der Waals surface area contributed by atoms with E-state index in [0.717, 1.165) is 36.7 Å². The molecule has 5 unspecified atom stereocenters. The normalized spacial score (nSPS) is 35.9. The predicted molar refractivity (Wildman–Crippen MR) is 81.1 cm³/mol. The van der Waals surface area contributed by atoms with Gasteiger partial charge in [0.25, 0.3) is 0 Å². The first kappa shape index (κ1) is 12.7. The van der Waals surface area contributed by atoms with Crippen molar-refractivity contribution < 1.29 is 4.74 Å². The van der Waals surface area contributed by atoms with Crippen LogP contribution in [-0.4, -0.2) is 19.2 Å². The molecule has 5 atom stereocenters. The Morgan fingerprint density at radius 2 is 2.15 bits per heavy atom. The average molecular weight is 271 g/mol. The van der Waals surface area contributed by atoms with Gasteiger partial charge in [-0.25, -0.2) is 0 Å². The summed E-state index contributed by atoms with van der Waals surface area (Å²) in [7, 11) is 0. The van der Waals surface area contributed by atoms with Crippen LogP contribution in [-0.2, 0) is 0 Å². The van der Waals surface area contributed by atoms with E-state index in [4.69, 9.17) is 4.74 Å². The van der Waals surface area contributed by atoms with Crippen LogP contribution < -0.4 is 10.1 Å². The van der Waals surface area contributed by atoms with Gasteiger partial charge >= 0.3 is 0 Å². The average Bonchev–Trinajstić information content (AvgIpc) is 3.19. The number of hydrogen-bond donors (Lipinski definition) is 1. The minimum atomic E-state index is 0.534. The molecule has 0 radical (unpaired) electrons. The molecule has 1 aromatic rings. The third-order valence-electron chi connectivity index (χ3n) is 5.92. The van der Waals surface area contributed by atoms with Crippen LogP contribution in [0.15, 0.2) is 24.3 Å². The van der Waals surface area contributed by atoms with Crippen molar-refractivity contribution in [3.8, 4) is 5.75 Å². The minimum Gasteiger partial charge on any atom is -0.493 e. The maximum atomic E-state index is 5.78. The third-order valence-corrected chi connectivity index (χ3v) is 5.92. The Morgan fingerprint density at radius 1 is 1.25 bits per heavy atom. The highest BCUT2D eigenvalue weighted by Crippen LogP contribution is 2.49. The largest absolute Gasteiger partial charge is 0.493 e. The SMILES string of the molecule is CC(NCC1COc2ccccc21)C1CC2CCC1C2. The summed E-state index contributed by atoms with van der Waals surface area (Å²) in [6.07, 6.45) is 5.96. The molecule has 0 saturated heterocycles. The molecule has 0 spiro atoms. The Labute approximate surface area is 121 Å². The lowest BCUT2D eigenvalue weighted by Crippen LogP contribution is -2.38. The van der Waals surface area contributed by atoms with Crippen molar-refractivity contribution >= 4 is 0 Å². The van der Waals surface area contributed by atoms with Gasteiger partial charge in [-0.1, -0.05) is 24.6 Å². The summed E-state index contributed by atoms with van der Waals surface area (Å²) in [6, 6.07) is 9.16. The number of para-hydroxylation sites is 1. The van der Waals surface area contributed by atoms with Crippen LogP contribution in [0, 0.1) is 17.8 Å². The summed E-state index contributed by atoms with van der Waals surface area (Å²) < 4.78 is 5.78. The Kier molecular flexibility index (Phi) is 3.22. The number of hydrogen-bond acceptors (Lipinski definition) is 2. The first-order valence-electron chi connectivity index (χ1n) is 8.26. The van der Waals surface area contributed by atoms with E-state index in [1.807, 2.05) is 0 Å². The highest BCUT2D eigenvalue weighted by molar-refractivity contribution is 5.39. The van der Waals surface area contributed by atoms with Crippen LogP contribution in [0.2, 0.25) is 0 Å². The predicted octanol–water partition coefficient (Wildman–Crippen LogP) is 3.58. The Balaban J connectivity index is 1.35. The Hall–Kier alpha value is -1.02. The van der Waals surface area contributed by atoms with Crippen LogP contribution in [0.1, 0.15) is 44.1 Å². The summed E-state index contributed by atoms with van der Waals surface area (Å²) >= 11 is 0. The molecule has 1 heterocycles. The van der Waals surface area contributed by atoms with Crippen LogP contribution in [0.3, 0.4) is 0 Å². The summed E-state index contributed by atoms with van der Waals surface area (Å²) in [5.41, 5.74) is 1.39.